The number of nitrogens with one attached hydrogen (secondary N) is 1. The SMILES string of the molecule is C[C@@H](C(=O)OCC(=O)Nc1cccc([N+](=O)[O-])c1)N1C(=O)[C@H]2CCCC[C@H]2C1=O. The van der Waals surface area contributed by atoms with Gasteiger partial charge in [0.25, 0.3) is 11.6 Å². The van der Waals surface area contributed by atoms with Crippen LogP contribution in [0.3, 0.4) is 0 Å². The Morgan fingerprint density at radius 2 is 1.86 bits per heavy atom. The second-order valence-corrected chi connectivity index (χ2v) is 7.18. The van der Waals surface area contributed by atoms with E-state index in [1.807, 2.05) is 0 Å². The molecule has 0 radical (unpaired) electrons. The van der Waals surface area contributed by atoms with Crippen molar-refractivity contribution in [3.63, 3.8) is 0 Å². The molecule has 1 aromatic carbocycles. The van der Waals surface area contributed by atoms with Gasteiger partial charge in [0.2, 0.25) is 11.8 Å². The Hall–Kier alpha value is -3.30. The number of rotatable bonds is 6. The Bertz CT molecular complexity index is 845. The van der Waals surface area contributed by atoms with Crippen LogP contribution in [-0.4, -0.2) is 46.2 Å². The number of non-ortho nitro benzene ring substituents is 1. The monoisotopic (exact) mass is 403 g/mol. The molecular weight excluding hydrogens is 382 g/mol. The molecule has 2 aliphatic rings. The van der Waals surface area contributed by atoms with Crippen molar-refractivity contribution in [1.29, 1.82) is 0 Å². The molecule has 0 spiro atoms. The predicted molar refractivity (Wildman–Crippen MR) is 99.4 cm³/mol. The third-order valence-corrected chi connectivity index (χ3v) is 5.29. The molecule has 0 aromatic heterocycles. The smallest absolute Gasteiger partial charge is 0.329 e. The fraction of sp³-hybridized carbons (Fsp3) is 0.474. The average Bonchev–Trinajstić information content (AvgIpc) is 2.96. The minimum absolute atomic E-state index is 0.183. The van der Waals surface area contributed by atoms with E-state index in [1.165, 1.54) is 31.2 Å². The molecule has 0 bridgehead atoms. The summed E-state index contributed by atoms with van der Waals surface area (Å²) in [6.07, 6.45) is 3.04. The number of nitro benzene ring substituents is 1. The highest BCUT2D eigenvalue weighted by atomic mass is 16.6. The summed E-state index contributed by atoms with van der Waals surface area (Å²) < 4.78 is 4.95. The van der Waals surface area contributed by atoms with Crippen molar-refractivity contribution in [2.75, 3.05) is 11.9 Å². The number of carbonyl (C=O) groups excluding carboxylic acids is 4. The number of ether oxygens (including phenoxy) is 1. The molecule has 1 aliphatic carbocycles. The fourth-order valence-electron chi connectivity index (χ4n) is 3.83. The lowest BCUT2D eigenvalue weighted by Crippen LogP contribution is -2.45. The maximum absolute atomic E-state index is 12.5. The number of fused-ring (bicyclic) bond motifs is 1. The average molecular weight is 403 g/mol. The number of nitrogens with zero attached hydrogens (tertiary/aromatic N) is 2. The molecule has 10 heteroatoms. The van der Waals surface area contributed by atoms with Crippen molar-refractivity contribution in [1.82, 2.24) is 4.90 Å². The van der Waals surface area contributed by atoms with Gasteiger partial charge in [-0.15, -0.1) is 0 Å². The van der Waals surface area contributed by atoms with Gasteiger partial charge in [0.15, 0.2) is 6.61 Å². The highest BCUT2D eigenvalue weighted by Crippen LogP contribution is 2.38. The van der Waals surface area contributed by atoms with Crippen molar-refractivity contribution < 1.29 is 28.8 Å². The standard InChI is InChI=1S/C19H21N3O7/c1-11(21-17(24)14-7-2-3-8-15(14)18(21)25)19(26)29-10-16(23)20-12-5-4-6-13(9-12)22(27)28/h4-6,9,11,14-15H,2-3,7-8,10H2,1H3,(H,20,23)/t11-,14-,15+/m0/s1. The maximum Gasteiger partial charge on any atom is 0.329 e. The van der Waals surface area contributed by atoms with E-state index in [-0.39, 0.29) is 35.0 Å². The molecule has 1 heterocycles. The van der Waals surface area contributed by atoms with Crippen LogP contribution in [0.25, 0.3) is 0 Å². The van der Waals surface area contributed by atoms with Crippen LogP contribution in [0.4, 0.5) is 11.4 Å². The van der Waals surface area contributed by atoms with Crippen LogP contribution in [0, 0.1) is 22.0 Å². The Labute approximate surface area is 166 Å². The molecule has 29 heavy (non-hydrogen) atoms. The van der Waals surface area contributed by atoms with Crippen molar-refractivity contribution in [2.24, 2.45) is 11.8 Å². The van der Waals surface area contributed by atoms with Gasteiger partial charge in [-0.3, -0.25) is 29.4 Å². The Morgan fingerprint density at radius 1 is 1.24 bits per heavy atom. The van der Waals surface area contributed by atoms with Gasteiger partial charge in [0, 0.05) is 17.8 Å². The highest BCUT2D eigenvalue weighted by molar-refractivity contribution is 6.08. The number of amides is 3. The summed E-state index contributed by atoms with van der Waals surface area (Å²) in [7, 11) is 0. The lowest BCUT2D eigenvalue weighted by atomic mass is 9.81. The van der Waals surface area contributed by atoms with Gasteiger partial charge in [-0.25, -0.2) is 4.79 Å². The lowest BCUT2D eigenvalue weighted by molar-refractivity contribution is -0.384. The summed E-state index contributed by atoms with van der Waals surface area (Å²) in [6.45, 7) is 0.753. The van der Waals surface area contributed by atoms with E-state index >= 15 is 0 Å². The van der Waals surface area contributed by atoms with Gasteiger partial charge in [0.1, 0.15) is 6.04 Å². The van der Waals surface area contributed by atoms with E-state index in [9.17, 15) is 29.3 Å². The molecule has 3 amide bonds. The van der Waals surface area contributed by atoms with Crippen LogP contribution in [0.2, 0.25) is 0 Å². The molecule has 3 rings (SSSR count). The number of hydrogen-bond donors (Lipinski definition) is 1. The summed E-state index contributed by atoms with van der Waals surface area (Å²) >= 11 is 0. The van der Waals surface area contributed by atoms with Crippen LogP contribution >= 0.6 is 0 Å². The van der Waals surface area contributed by atoms with E-state index in [1.54, 1.807) is 0 Å². The van der Waals surface area contributed by atoms with Crippen LogP contribution in [0.15, 0.2) is 24.3 Å². The minimum Gasteiger partial charge on any atom is -0.454 e. The van der Waals surface area contributed by atoms with Crippen LogP contribution in [0.1, 0.15) is 32.6 Å². The molecule has 1 aliphatic heterocycles. The number of likely N-dealkylation sites (tertiary alicyclic amines) is 1. The van der Waals surface area contributed by atoms with E-state index < -0.39 is 29.4 Å². The first kappa shape index (κ1) is 20.4. The van der Waals surface area contributed by atoms with Crippen molar-refractivity contribution in [2.45, 2.75) is 38.6 Å². The van der Waals surface area contributed by atoms with E-state index in [0.29, 0.717) is 12.8 Å². The molecule has 1 aromatic rings. The predicted octanol–water partition coefficient (Wildman–Crippen LogP) is 1.64. The Balaban J connectivity index is 1.55. The molecular formula is C19H21N3O7. The largest absolute Gasteiger partial charge is 0.454 e. The van der Waals surface area contributed by atoms with Gasteiger partial charge in [-0.1, -0.05) is 18.9 Å². The summed E-state index contributed by atoms with van der Waals surface area (Å²) in [6, 6.07) is 4.20. The van der Waals surface area contributed by atoms with Gasteiger partial charge in [-0.05, 0) is 25.8 Å². The molecule has 1 saturated carbocycles. The Morgan fingerprint density at radius 3 is 2.45 bits per heavy atom. The third-order valence-electron chi connectivity index (χ3n) is 5.29. The zero-order valence-corrected chi connectivity index (χ0v) is 15.8. The second kappa shape index (κ2) is 8.38. The van der Waals surface area contributed by atoms with Gasteiger partial charge in [-0.2, -0.15) is 0 Å². The molecule has 2 fully saturated rings. The quantitative estimate of drug-likeness (QED) is 0.330. The zero-order chi connectivity index (χ0) is 21.1. The third kappa shape index (κ3) is 4.25. The van der Waals surface area contributed by atoms with Crippen LogP contribution in [0.5, 0.6) is 0 Å². The number of carbonyl (C=O) groups is 4. The first-order chi connectivity index (χ1) is 13.8. The summed E-state index contributed by atoms with van der Waals surface area (Å²) in [5, 5.41) is 13.2. The molecule has 154 valence electrons. The summed E-state index contributed by atoms with van der Waals surface area (Å²) in [4.78, 5) is 60.4. The van der Waals surface area contributed by atoms with Gasteiger partial charge >= 0.3 is 5.97 Å². The molecule has 10 nitrogen and oxygen atoms in total. The van der Waals surface area contributed by atoms with Crippen molar-refractivity contribution in [3.05, 3.63) is 34.4 Å². The number of benzene rings is 1. The summed E-state index contributed by atoms with van der Waals surface area (Å²) in [5.41, 5.74) is -0.0109. The molecule has 1 N–H and O–H groups in total. The number of imide groups is 1. The van der Waals surface area contributed by atoms with Gasteiger partial charge in [0.05, 0.1) is 16.8 Å². The van der Waals surface area contributed by atoms with Crippen LogP contribution in [-0.2, 0) is 23.9 Å². The van der Waals surface area contributed by atoms with Crippen molar-refractivity contribution in [3.8, 4) is 0 Å². The molecule has 0 unspecified atom stereocenters. The number of esters is 1. The van der Waals surface area contributed by atoms with E-state index in [4.69, 9.17) is 4.74 Å². The zero-order valence-electron chi connectivity index (χ0n) is 15.8. The number of nitro groups is 1. The second-order valence-electron chi connectivity index (χ2n) is 7.18. The maximum atomic E-state index is 12.5. The molecule has 1 saturated heterocycles. The van der Waals surface area contributed by atoms with Gasteiger partial charge < -0.3 is 10.1 Å². The first-order valence-corrected chi connectivity index (χ1v) is 9.37. The van der Waals surface area contributed by atoms with Crippen molar-refractivity contribution >= 4 is 35.1 Å². The number of hydrogen-bond acceptors (Lipinski definition) is 7. The van der Waals surface area contributed by atoms with Crippen LogP contribution < -0.4 is 5.32 Å². The first-order valence-electron chi connectivity index (χ1n) is 9.37. The topological polar surface area (TPSA) is 136 Å². The number of anilines is 1. The highest BCUT2D eigenvalue weighted by Gasteiger charge is 2.51. The summed E-state index contributed by atoms with van der Waals surface area (Å²) in [5.74, 6) is -3.01. The normalized spacial score (nSPS) is 22.0. The Kier molecular flexibility index (Phi) is 5.90. The van der Waals surface area contributed by atoms with E-state index in [0.717, 1.165) is 17.7 Å². The lowest BCUT2D eigenvalue weighted by Gasteiger charge is -2.21. The van der Waals surface area contributed by atoms with E-state index in [2.05, 4.69) is 5.32 Å². The minimum atomic E-state index is -1.12. The fourth-order valence-corrected chi connectivity index (χ4v) is 3.83. The molecule has 3 atom stereocenters.